The number of para-hydroxylation sites is 1. The Balaban J connectivity index is 1.38. The lowest BCUT2D eigenvalue weighted by molar-refractivity contribution is 0.0746. The lowest BCUT2D eigenvalue weighted by Crippen LogP contribution is -2.49. The van der Waals surface area contributed by atoms with Crippen LogP contribution in [-0.4, -0.2) is 52.2 Å². The van der Waals surface area contributed by atoms with Gasteiger partial charge in [-0.3, -0.25) is 4.79 Å². The molecule has 0 bridgehead atoms. The fourth-order valence-corrected chi connectivity index (χ4v) is 3.74. The largest absolute Gasteiger partial charge is 0.422 e. The number of hydrogen-bond acceptors (Lipinski definition) is 6. The van der Waals surface area contributed by atoms with E-state index in [-0.39, 0.29) is 5.91 Å². The number of aromatic amines is 1. The van der Waals surface area contributed by atoms with Crippen LogP contribution in [0, 0.1) is 0 Å². The van der Waals surface area contributed by atoms with E-state index in [1.54, 1.807) is 30.3 Å². The van der Waals surface area contributed by atoms with Crippen LogP contribution < -0.4 is 10.5 Å². The minimum absolute atomic E-state index is 0.0563. The Morgan fingerprint density at radius 1 is 1.00 bits per heavy atom. The van der Waals surface area contributed by atoms with Gasteiger partial charge in [0.2, 0.25) is 5.95 Å². The molecular weight excluding hydrogens is 382 g/mol. The number of hydrogen-bond donors (Lipinski definition) is 1. The Morgan fingerprint density at radius 3 is 2.63 bits per heavy atom. The number of aromatic nitrogens is 3. The normalized spacial score (nSPS) is 14.3. The van der Waals surface area contributed by atoms with Crippen LogP contribution in [0.4, 0.5) is 5.95 Å². The molecule has 150 valence electrons. The number of piperazine rings is 1. The van der Waals surface area contributed by atoms with Crippen LogP contribution in [0.15, 0.2) is 70.1 Å². The van der Waals surface area contributed by atoms with Crippen molar-refractivity contribution in [2.24, 2.45) is 0 Å². The van der Waals surface area contributed by atoms with Crippen LogP contribution >= 0.6 is 0 Å². The SMILES string of the molecule is O=C(c1cccc(-c2cc3ccccc3oc2=O)c1)N1CCN(c2ncn[nH]2)CC1. The molecule has 4 aromatic rings. The van der Waals surface area contributed by atoms with Gasteiger partial charge in [-0.25, -0.2) is 9.89 Å². The van der Waals surface area contributed by atoms with Gasteiger partial charge in [0.1, 0.15) is 11.9 Å². The summed E-state index contributed by atoms with van der Waals surface area (Å²) in [7, 11) is 0. The van der Waals surface area contributed by atoms with E-state index in [9.17, 15) is 9.59 Å². The predicted molar refractivity (Wildman–Crippen MR) is 112 cm³/mol. The molecule has 0 saturated carbocycles. The molecule has 1 N–H and O–H groups in total. The number of amides is 1. The molecule has 8 nitrogen and oxygen atoms in total. The van der Waals surface area contributed by atoms with Crippen molar-refractivity contribution < 1.29 is 9.21 Å². The highest BCUT2D eigenvalue weighted by molar-refractivity contribution is 5.96. The highest BCUT2D eigenvalue weighted by atomic mass is 16.4. The average Bonchev–Trinajstić information content (AvgIpc) is 3.33. The van der Waals surface area contributed by atoms with Gasteiger partial charge in [0.25, 0.3) is 5.91 Å². The molecule has 1 aliphatic heterocycles. The summed E-state index contributed by atoms with van der Waals surface area (Å²) in [5.74, 6) is 0.659. The molecule has 0 radical (unpaired) electrons. The summed E-state index contributed by atoms with van der Waals surface area (Å²) in [6.45, 7) is 2.52. The van der Waals surface area contributed by atoms with Gasteiger partial charge in [-0.1, -0.05) is 30.3 Å². The zero-order valence-electron chi connectivity index (χ0n) is 16.1. The molecule has 2 aromatic heterocycles. The zero-order valence-corrected chi connectivity index (χ0v) is 16.1. The van der Waals surface area contributed by atoms with Crippen molar-refractivity contribution in [1.82, 2.24) is 20.1 Å². The molecule has 1 amide bonds. The van der Waals surface area contributed by atoms with Crippen molar-refractivity contribution in [2.45, 2.75) is 0 Å². The van der Waals surface area contributed by atoms with Crippen molar-refractivity contribution >= 4 is 22.8 Å². The Labute approximate surface area is 171 Å². The standard InChI is InChI=1S/C22H19N5O3/c28-20(26-8-10-27(11-9-26)22-23-14-24-25-22)17-6-3-5-15(12-17)18-13-16-4-1-2-7-19(16)30-21(18)29/h1-7,12-14H,8-11H2,(H,23,24,25). The van der Waals surface area contributed by atoms with Gasteiger partial charge < -0.3 is 14.2 Å². The number of carbonyl (C=O) groups is 1. The molecule has 2 aromatic carbocycles. The molecule has 8 heteroatoms. The highest BCUT2D eigenvalue weighted by Gasteiger charge is 2.23. The smallest absolute Gasteiger partial charge is 0.344 e. The van der Waals surface area contributed by atoms with Gasteiger partial charge in [0, 0.05) is 37.1 Å². The van der Waals surface area contributed by atoms with Crippen molar-refractivity contribution in [3.05, 3.63) is 76.9 Å². The van der Waals surface area contributed by atoms with E-state index in [0.717, 1.165) is 5.39 Å². The van der Waals surface area contributed by atoms with Gasteiger partial charge in [0.15, 0.2) is 0 Å². The molecule has 1 aliphatic rings. The molecule has 3 heterocycles. The van der Waals surface area contributed by atoms with Gasteiger partial charge in [-0.2, -0.15) is 10.1 Å². The molecule has 0 spiro atoms. The zero-order chi connectivity index (χ0) is 20.5. The first kappa shape index (κ1) is 18.1. The second kappa shape index (κ2) is 7.47. The highest BCUT2D eigenvalue weighted by Crippen LogP contribution is 2.23. The number of carbonyl (C=O) groups excluding carboxylic acids is 1. The third kappa shape index (κ3) is 3.32. The van der Waals surface area contributed by atoms with Crippen molar-refractivity contribution in [3.63, 3.8) is 0 Å². The molecule has 30 heavy (non-hydrogen) atoms. The van der Waals surface area contributed by atoms with Crippen LogP contribution in [0.25, 0.3) is 22.1 Å². The van der Waals surface area contributed by atoms with E-state index in [0.29, 0.717) is 54.4 Å². The lowest BCUT2D eigenvalue weighted by Gasteiger charge is -2.34. The number of H-pyrrole nitrogens is 1. The summed E-state index contributed by atoms with van der Waals surface area (Å²) < 4.78 is 5.44. The van der Waals surface area contributed by atoms with E-state index >= 15 is 0 Å². The molecule has 0 unspecified atom stereocenters. The third-order valence-electron chi connectivity index (χ3n) is 5.33. The Kier molecular flexibility index (Phi) is 4.51. The van der Waals surface area contributed by atoms with Gasteiger partial charge in [-0.05, 0) is 29.8 Å². The number of rotatable bonds is 3. The van der Waals surface area contributed by atoms with Gasteiger partial charge in [-0.15, -0.1) is 0 Å². The maximum Gasteiger partial charge on any atom is 0.344 e. The summed E-state index contributed by atoms with van der Waals surface area (Å²) in [5.41, 5.74) is 1.79. The molecule has 0 aliphatic carbocycles. The fraction of sp³-hybridized carbons (Fsp3) is 0.182. The van der Waals surface area contributed by atoms with Gasteiger partial charge in [0.05, 0.1) is 5.56 Å². The maximum absolute atomic E-state index is 13.0. The van der Waals surface area contributed by atoms with Crippen molar-refractivity contribution in [3.8, 4) is 11.1 Å². The molecule has 5 rings (SSSR count). The number of nitrogens with one attached hydrogen (secondary N) is 1. The number of anilines is 1. The summed E-state index contributed by atoms with van der Waals surface area (Å²) in [6.07, 6.45) is 1.47. The van der Waals surface area contributed by atoms with E-state index in [2.05, 4.69) is 20.1 Å². The van der Waals surface area contributed by atoms with Crippen molar-refractivity contribution in [1.29, 1.82) is 0 Å². The first-order valence-electron chi connectivity index (χ1n) is 9.72. The maximum atomic E-state index is 13.0. The van der Waals surface area contributed by atoms with E-state index < -0.39 is 5.63 Å². The van der Waals surface area contributed by atoms with E-state index in [1.165, 1.54) is 6.33 Å². The topological polar surface area (TPSA) is 95.3 Å². The van der Waals surface area contributed by atoms with E-state index in [4.69, 9.17) is 4.42 Å². The average molecular weight is 401 g/mol. The molecule has 0 atom stereocenters. The minimum atomic E-state index is -0.418. The van der Waals surface area contributed by atoms with Crippen LogP contribution in [0.5, 0.6) is 0 Å². The van der Waals surface area contributed by atoms with E-state index in [1.807, 2.05) is 29.2 Å². The van der Waals surface area contributed by atoms with Crippen LogP contribution in [0.2, 0.25) is 0 Å². The monoisotopic (exact) mass is 401 g/mol. The lowest BCUT2D eigenvalue weighted by atomic mass is 10.0. The number of nitrogens with zero attached hydrogens (tertiary/aromatic N) is 4. The Hall–Kier alpha value is -3.94. The first-order chi connectivity index (χ1) is 14.7. The molecular formula is C22H19N5O3. The van der Waals surface area contributed by atoms with Crippen molar-refractivity contribution in [2.75, 3.05) is 31.1 Å². The third-order valence-corrected chi connectivity index (χ3v) is 5.33. The first-order valence-corrected chi connectivity index (χ1v) is 9.72. The fourth-order valence-electron chi connectivity index (χ4n) is 3.74. The number of benzene rings is 2. The summed E-state index contributed by atoms with van der Waals surface area (Å²) in [5, 5.41) is 7.56. The predicted octanol–water partition coefficient (Wildman–Crippen LogP) is 2.54. The second-order valence-corrected chi connectivity index (χ2v) is 7.15. The Bertz CT molecular complexity index is 1260. The Morgan fingerprint density at radius 2 is 1.83 bits per heavy atom. The van der Waals surface area contributed by atoms with Crippen LogP contribution in [-0.2, 0) is 0 Å². The van der Waals surface area contributed by atoms with Gasteiger partial charge >= 0.3 is 5.63 Å². The summed E-state index contributed by atoms with van der Waals surface area (Å²) in [4.78, 5) is 33.6. The number of fused-ring (bicyclic) bond motifs is 1. The van der Waals surface area contributed by atoms with Crippen LogP contribution in [0.3, 0.4) is 0 Å². The molecule has 1 fully saturated rings. The summed E-state index contributed by atoms with van der Waals surface area (Å²) in [6, 6.07) is 16.3. The van der Waals surface area contributed by atoms with Crippen LogP contribution in [0.1, 0.15) is 10.4 Å². The minimum Gasteiger partial charge on any atom is -0.422 e. The quantitative estimate of drug-likeness (QED) is 0.530. The molecule has 1 saturated heterocycles. The summed E-state index contributed by atoms with van der Waals surface area (Å²) >= 11 is 0. The second-order valence-electron chi connectivity index (χ2n) is 7.15.